The molecular weight excluding hydrogens is 411 g/mol. The first-order valence-corrected chi connectivity index (χ1v) is 10.8. The molecule has 7 heteroatoms. The summed E-state index contributed by atoms with van der Waals surface area (Å²) in [5.41, 5.74) is 3.63. The van der Waals surface area contributed by atoms with Gasteiger partial charge in [0.25, 0.3) is 5.91 Å². The van der Waals surface area contributed by atoms with E-state index in [1.807, 2.05) is 36.4 Å². The summed E-state index contributed by atoms with van der Waals surface area (Å²) in [6, 6.07) is 7.31. The summed E-state index contributed by atoms with van der Waals surface area (Å²) in [5, 5.41) is 4.58. The molecule has 3 saturated carbocycles. The summed E-state index contributed by atoms with van der Waals surface area (Å²) in [5.74, 6) is 1.51. The van der Waals surface area contributed by atoms with E-state index in [1.54, 1.807) is 0 Å². The number of allylic oxidation sites excluding steroid dienone is 4. The van der Waals surface area contributed by atoms with Gasteiger partial charge >= 0.3 is 0 Å². The Morgan fingerprint density at radius 2 is 1.72 bits per heavy atom. The number of carbonyl (C=O) groups excluding carboxylic acids is 1. The highest BCUT2D eigenvalue weighted by Gasteiger charge is 2.60. The van der Waals surface area contributed by atoms with E-state index in [0.717, 1.165) is 68.2 Å². The molecule has 0 radical (unpaired) electrons. The highest BCUT2D eigenvalue weighted by Crippen LogP contribution is 2.66. The predicted octanol–water partition coefficient (Wildman–Crippen LogP) is 4.72. The van der Waals surface area contributed by atoms with E-state index in [2.05, 4.69) is 10.8 Å². The molecule has 0 spiro atoms. The molecule has 2 N–H and O–H groups in total. The minimum absolute atomic E-state index is 0.0606. The number of carbonyl (C=O) groups is 1. The Morgan fingerprint density at radius 3 is 2.41 bits per heavy atom. The number of nitrogens with one attached hydrogen (secondary N) is 2. The number of ether oxygens (including phenoxy) is 1. The third-order valence-corrected chi connectivity index (χ3v) is 6.81. The van der Waals surface area contributed by atoms with Crippen molar-refractivity contribution in [3.8, 4) is 5.75 Å². The van der Waals surface area contributed by atoms with Gasteiger partial charge in [-0.05, 0) is 79.4 Å². The number of halogens is 2. The maximum Gasteiger partial charge on any atom is 0.257 e. The maximum absolute atomic E-state index is 12.2. The van der Waals surface area contributed by atoms with E-state index >= 15 is 0 Å². The summed E-state index contributed by atoms with van der Waals surface area (Å²) >= 11 is 11.8. The molecule has 5 rings (SSSR count). The topological polar surface area (TPSA) is 59.6 Å². The van der Waals surface area contributed by atoms with Gasteiger partial charge in [0, 0.05) is 29.6 Å². The van der Waals surface area contributed by atoms with Gasteiger partial charge in [-0.2, -0.15) is 5.48 Å². The number of rotatable bonds is 9. The van der Waals surface area contributed by atoms with Crippen molar-refractivity contribution >= 4 is 29.1 Å². The molecule has 0 aliphatic heterocycles. The second-order valence-corrected chi connectivity index (χ2v) is 9.46. The lowest BCUT2D eigenvalue weighted by molar-refractivity contribution is -0.125. The molecule has 0 saturated heterocycles. The van der Waals surface area contributed by atoms with E-state index in [0.29, 0.717) is 5.02 Å². The highest BCUT2D eigenvalue weighted by atomic mass is 35.5. The third-order valence-electron chi connectivity index (χ3n) is 6.25. The van der Waals surface area contributed by atoms with Crippen molar-refractivity contribution < 1.29 is 14.4 Å². The molecule has 0 aromatic heterocycles. The summed E-state index contributed by atoms with van der Waals surface area (Å²) in [6.45, 7) is 1.60. The average Bonchev–Trinajstić information content (AvgIpc) is 3.23. The molecule has 4 aliphatic carbocycles. The van der Waals surface area contributed by atoms with Crippen LogP contribution in [0.4, 0.5) is 0 Å². The molecular formula is C22H26Cl2N2O3. The predicted molar refractivity (Wildman–Crippen MR) is 114 cm³/mol. The van der Waals surface area contributed by atoms with E-state index < -0.39 is 0 Å². The van der Waals surface area contributed by atoms with E-state index in [4.69, 9.17) is 32.8 Å². The van der Waals surface area contributed by atoms with Crippen molar-refractivity contribution in [2.24, 2.45) is 10.8 Å². The molecule has 2 bridgehead atoms. The Labute approximate surface area is 181 Å². The zero-order valence-corrected chi connectivity index (χ0v) is 17.8. The number of fused-ring (bicyclic) bond motifs is 1. The quantitative estimate of drug-likeness (QED) is 0.549. The first-order valence-electron chi connectivity index (χ1n) is 10.1. The zero-order valence-electron chi connectivity index (χ0n) is 16.3. The van der Waals surface area contributed by atoms with E-state index in [-0.39, 0.29) is 23.3 Å². The van der Waals surface area contributed by atoms with Gasteiger partial charge in [-0.1, -0.05) is 23.2 Å². The smallest absolute Gasteiger partial charge is 0.257 e. The lowest BCUT2D eigenvalue weighted by Gasteiger charge is -2.47. The van der Waals surface area contributed by atoms with Crippen molar-refractivity contribution in [2.45, 2.75) is 38.5 Å². The summed E-state index contributed by atoms with van der Waals surface area (Å²) in [6.07, 6.45) is 9.74. The van der Waals surface area contributed by atoms with Crippen LogP contribution in [0.5, 0.6) is 5.75 Å². The lowest BCUT2D eigenvalue weighted by Crippen LogP contribution is -2.50. The first kappa shape index (κ1) is 20.6. The fourth-order valence-corrected chi connectivity index (χ4v) is 5.12. The number of hydrogen-bond acceptors (Lipinski definition) is 4. The van der Waals surface area contributed by atoms with Crippen LogP contribution in [-0.4, -0.2) is 25.6 Å². The summed E-state index contributed by atoms with van der Waals surface area (Å²) in [7, 11) is 0. The molecule has 1 aromatic carbocycles. The van der Waals surface area contributed by atoms with Crippen LogP contribution in [-0.2, 0) is 9.53 Å². The Kier molecular flexibility index (Phi) is 6.09. The Hall–Kier alpha value is -1.69. The standard InChI is InChI=1S/C22H26Cl2N2O3/c23-16-1-5-18(6-2-16)28-11-20(27)25-14-21-9-10-22(12-21,13-21)15-26-29-19-7-3-17(24)4-8-19/h1,3-5,7-8,26H,2,6,9-15H2,(H,25,27). The lowest BCUT2D eigenvalue weighted by atomic mass is 9.60. The minimum Gasteiger partial charge on any atom is -0.488 e. The number of benzene rings is 1. The van der Waals surface area contributed by atoms with Gasteiger partial charge in [-0.15, -0.1) is 0 Å². The largest absolute Gasteiger partial charge is 0.488 e. The van der Waals surface area contributed by atoms with Crippen LogP contribution in [0.15, 0.2) is 47.2 Å². The van der Waals surface area contributed by atoms with Crippen LogP contribution in [0, 0.1) is 10.8 Å². The van der Waals surface area contributed by atoms with Crippen LogP contribution in [0.3, 0.4) is 0 Å². The molecule has 0 unspecified atom stereocenters. The number of amides is 1. The third kappa shape index (κ3) is 5.08. The van der Waals surface area contributed by atoms with Crippen LogP contribution < -0.4 is 15.6 Å². The van der Waals surface area contributed by atoms with Gasteiger partial charge in [-0.25, -0.2) is 0 Å². The summed E-state index contributed by atoms with van der Waals surface area (Å²) in [4.78, 5) is 17.8. The second kappa shape index (κ2) is 8.58. The van der Waals surface area contributed by atoms with E-state index in [1.165, 1.54) is 0 Å². The molecule has 3 fully saturated rings. The van der Waals surface area contributed by atoms with Gasteiger partial charge in [0.1, 0.15) is 5.75 Å². The molecule has 0 atom stereocenters. The number of hydroxylamine groups is 1. The van der Waals surface area contributed by atoms with Gasteiger partial charge < -0.3 is 14.9 Å². The van der Waals surface area contributed by atoms with Crippen LogP contribution in [0.25, 0.3) is 0 Å². The Balaban J connectivity index is 1.15. The van der Waals surface area contributed by atoms with Crippen LogP contribution in [0.1, 0.15) is 38.5 Å². The average molecular weight is 437 g/mol. The molecule has 5 nitrogen and oxygen atoms in total. The van der Waals surface area contributed by atoms with Gasteiger partial charge in [-0.3, -0.25) is 4.79 Å². The normalized spacial score (nSPS) is 27.5. The zero-order chi connectivity index (χ0) is 20.3. The van der Waals surface area contributed by atoms with Crippen molar-refractivity contribution in [1.29, 1.82) is 0 Å². The first-order chi connectivity index (χ1) is 14.0. The van der Waals surface area contributed by atoms with Crippen LogP contribution in [0.2, 0.25) is 5.02 Å². The fourth-order valence-electron chi connectivity index (χ4n) is 4.83. The van der Waals surface area contributed by atoms with Crippen molar-refractivity contribution in [3.05, 3.63) is 52.2 Å². The van der Waals surface area contributed by atoms with Crippen molar-refractivity contribution in [2.75, 3.05) is 19.7 Å². The van der Waals surface area contributed by atoms with Gasteiger partial charge in [0.2, 0.25) is 0 Å². The Morgan fingerprint density at radius 1 is 1.00 bits per heavy atom. The molecule has 1 aromatic rings. The molecule has 29 heavy (non-hydrogen) atoms. The minimum atomic E-state index is -0.0606. The van der Waals surface area contributed by atoms with E-state index in [9.17, 15) is 4.79 Å². The van der Waals surface area contributed by atoms with Crippen molar-refractivity contribution in [3.63, 3.8) is 0 Å². The van der Waals surface area contributed by atoms with Gasteiger partial charge in [0.05, 0.1) is 5.76 Å². The molecule has 4 aliphatic rings. The molecule has 156 valence electrons. The fraction of sp³-hybridized carbons (Fsp3) is 0.500. The number of hydrogen-bond donors (Lipinski definition) is 2. The maximum atomic E-state index is 12.2. The van der Waals surface area contributed by atoms with Crippen LogP contribution >= 0.6 is 23.2 Å². The Bertz CT molecular complexity index is 814. The molecule has 1 amide bonds. The van der Waals surface area contributed by atoms with Gasteiger partial charge in [0.15, 0.2) is 6.61 Å². The second-order valence-electron chi connectivity index (χ2n) is 8.54. The highest BCUT2D eigenvalue weighted by molar-refractivity contribution is 6.30. The molecule has 0 heterocycles. The monoisotopic (exact) mass is 436 g/mol. The van der Waals surface area contributed by atoms with Crippen molar-refractivity contribution in [1.82, 2.24) is 10.8 Å². The summed E-state index contributed by atoms with van der Waals surface area (Å²) < 4.78 is 5.59. The SMILES string of the molecule is O=C(COC1=CC=C(Cl)CC1)NCC12CCC(CNOc3ccc(Cl)cc3)(C1)C2.